The lowest BCUT2D eigenvalue weighted by atomic mass is 10.0. The lowest BCUT2D eigenvalue weighted by Crippen LogP contribution is -2.16. The maximum Gasteiger partial charge on any atom is 0.504 e. The highest BCUT2D eigenvalue weighted by Crippen LogP contribution is 2.28. The number of hydrogen-bond donors (Lipinski definition) is 2. The predicted molar refractivity (Wildman–Crippen MR) is 112 cm³/mol. The molecule has 1 amide bonds. The van der Waals surface area contributed by atoms with Gasteiger partial charge >= 0.3 is 6.30 Å². The number of amides is 1. The van der Waals surface area contributed by atoms with E-state index in [-0.39, 0.29) is 34.4 Å². The molecular formula is C20H18F3N9O2. The minimum Gasteiger partial charge on any atom is -0.394 e. The van der Waals surface area contributed by atoms with E-state index in [0.29, 0.717) is 22.6 Å². The van der Waals surface area contributed by atoms with Crippen LogP contribution in [0.25, 0.3) is 22.6 Å². The molecule has 2 N–H and O–H groups in total. The van der Waals surface area contributed by atoms with E-state index in [2.05, 4.69) is 35.9 Å². The summed E-state index contributed by atoms with van der Waals surface area (Å²) in [5.74, 6) is -0.130. The number of aliphatic hydroxyl groups is 1. The van der Waals surface area contributed by atoms with Crippen molar-refractivity contribution < 1.29 is 23.1 Å². The maximum atomic E-state index is 12.9. The summed E-state index contributed by atoms with van der Waals surface area (Å²) >= 11 is 0. The molecule has 0 bridgehead atoms. The van der Waals surface area contributed by atoms with E-state index in [1.807, 2.05) is 0 Å². The lowest BCUT2D eigenvalue weighted by Gasteiger charge is -2.11. The van der Waals surface area contributed by atoms with Gasteiger partial charge in [-0.25, -0.2) is 9.67 Å². The summed E-state index contributed by atoms with van der Waals surface area (Å²) in [4.78, 5) is 21.2. The van der Waals surface area contributed by atoms with Crippen molar-refractivity contribution in [3.8, 4) is 22.6 Å². The number of nitrogens with one attached hydrogen (secondary N) is 1. The number of aromatic nitrogens is 8. The fraction of sp³-hybridized carbons (Fsp3) is 0.250. The van der Waals surface area contributed by atoms with Gasteiger partial charge in [0.25, 0.3) is 5.91 Å². The van der Waals surface area contributed by atoms with Crippen molar-refractivity contribution in [2.75, 3.05) is 11.9 Å². The number of nitrogens with zero attached hydrogens (tertiary/aromatic N) is 8. The smallest absolute Gasteiger partial charge is 0.394 e. The quantitative estimate of drug-likeness (QED) is 0.436. The van der Waals surface area contributed by atoms with Gasteiger partial charge in [-0.1, -0.05) is 6.07 Å². The second kappa shape index (κ2) is 8.97. The molecule has 0 saturated carbocycles. The molecule has 0 unspecified atom stereocenters. The van der Waals surface area contributed by atoms with Gasteiger partial charge in [0.15, 0.2) is 0 Å². The fourth-order valence-electron chi connectivity index (χ4n) is 3.11. The molecule has 4 rings (SSSR count). The molecule has 0 aliphatic heterocycles. The van der Waals surface area contributed by atoms with Crippen molar-refractivity contribution in [3.63, 3.8) is 0 Å². The Morgan fingerprint density at radius 3 is 2.76 bits per heavy atom. The van der Waals surface area contributed by atoms with Gasteiger partial charge in [-0.05, 0) is 53.6 Å². The van der Waals surface area contributed by atoms with Crippen LogP contribution in [-0.4, -0.2) is 57.6 Å². The second-order valence-corrected chi connectivity index (χ2v) is 7.37. The number of hydrogen-bond acceptors (Lipinski definition) is 8. The molecule has 4 aromatic heterocycles. The molecule has 0 saturated heterocycles. The van der Waals surface area contributed by atoms with Gasteiger partial charge in [0.05, 0.1) is 18.8 Å². The van der Waals surface area contributed by atoms with Gasteiger partial charge in [0, 0.05) is 18.0 Å². The zero-order chi connectivity index (χ0) is 24.5. The topological polar surface area (TPSA) is 137 Å². The molecule has 0 aliphatic rings. The summed E-state index contributed by atoms with van der Waals surface area (Å²) in [6.45, 7) is 3.21. The number of pyridine rings is 2. The van der Waals surface area contributed by atoms with E-state index in [4.69, 9.17) is 0 Å². The summed E-state index contributed by atoms with van der Waals surface area (Å²) in [6, 6.07) is 5.83. The van der Waals surface area contributed by atoms with E-state index in [1.165, 1.54) is 16.9 Å². The lowest BCUT2D eigenvalue weighted by molar-refractivity contribution is -0.212. The van der Waals surface area contributed by atoms with E-state index in [1.54, 1.807) is 32.0 Å². The average molecular weight is 473 g/mol. The Morgan fingerprint density at radius 1 is 1.26 bits per heavy atom. The van der Waals surface area contributed by atoms with E-state index < -0.39 is 12.2 Å². The van der Waals surface area contributed by atoms with Gasteiger partial charge in [-0.3, -0.25) is 9.78 Å². The van der Waals surface area contributed by atoms with Crippen LogP contribution in [0.2, 0.25) is 0 Å². The molecule has 0 radical (unpaired) electrons. The largest absolute Gasteiger partial charge is 0.504 e. The number of carbonyl (C=O) groups excluding carboxylic acids is 1. The van der Waals surface area contributed by atoms with Crippen LogP contribution in [0.4, 0.5) is 19.0 Å². The van der Waals surface area contributed by atoms with Crippen LogP contribution in [0, 0.1) is 6.92 Å². The first kappa shape index (κ1) is 23.0. The van der Waals surface area contributed by atoms with Crippen LogP contribution in [0.1, 0.15) is 29.0 Å². The second-order valence-electron chi connectivity index (χ2n) is 7.37. The van der Waals surface area contributed by atoms with E-state index >= 15 is 0 Å². The summed E-state index contributed by atoms with van der Waals surface area (Å²) < 4.78 is 39.9. The molecule has 4 heterocycles. The molecule has 1 atom stereocenters. The molecule has 0 fully saturated rings. The van der Waals surface area contributed by atoms with Gasteiger partial charge in [-0.15, -0.1) is 18.3 Å². The zero-order valence-electron chi connectivity index (χ0n) is 17.9. The first-order chi connectivity index (χ1) is 16.2. The Bertz CT molecular complexity index is 1330. The third kappa shape index (κ3) is 4.61. The Balaban J connectivity index is 1.59. The van der Waals surface area contributed by atoms with Crippen molar-refractivity contribution in [1.82, 2.24) is 40.0 Å². The van der Waals surface area contributed by atoms with Gasteiger partial charge in [0.1, 0.15) is 17.2 Å². The highest BCUT2D eigenvalue weighted by Gasteiger charge is 2.31. The van der Waals surface area contributed by atoms with Gasteiger partial charge < -0.3 is 10.4 Å². The van der Waals surface area contributed by atoms with Crippen LogP contribution in [-0.2, 0) is 6.30 Å². The van der Waals surface area contributed by atoms with Crippen LogP contribution >= 0.6 is 0 Å². The van der Waals surface area contributed by atoms with Crippen LogP contribution in [0.3, 0.4) is 0 Å². The predicted octanol–water partition coefficient (Wildman–Crippen LogP) is 2.58. The summed E-state index contributed by atoms with van der Waals surface area (Å²) in [7, 11) is 0. The minimum atomic E-state index is -4.65. The highest BCUT2D eigenvalue weighted by atomic mass is 19.4. The van der Waals surface area contributed by atoms with Gasteiger partial charge in [0.2, 0.25) is 5.82 Å². The first-order valence-corrected chi connectivity index (χ1v) is 9.93. The van der Waals surface area contributed by atoms with Crippen LogP contribution in [0.15, 0.2) is 42.9 Å². The number of alkyl halides is 3. The number of anilines is 1. The maximum absolute atomic E-state index is 12.9. The molecule has 176 valence electrons. The fourth-order valence-corrected chi connectivity index (χ4v) is 3.11. The molecule has 0 aliphatic carbocycles. The van der Waals surface area contributed by atoms with Crippen molar-refractivity contribution in [2.45, 2.75) is 26.2 Å². The zero-order valence-corrected chi connectivity index (χ0v) is 17.9. The highest BCUT2D eigenvalue weighted by molar-refractivity contribution is 6.03. The number of carbonyl (C=O) groups is 1. The minimum absolute atomic E-state index is 0.0219. The Labute approximate surface area is 190 Å². The van der Waals surface area contributed by atoms with E-state index in [0.717, 1.165) is 12.4 Å². The van der Waals surface area contributed by atoms with Crippen molar-refractivity contribution in [3.05, 3.63) is 54.1 Å². The SMILES string of the molecule is Cc1cnc(C(=O)Nc2cccc(-c3nnnn3[C@H](C)CO)n2)cc1-c1cnn(C(F)(F)F)c1. The first-order valence-electron chi connectivity index (χ1n) is 9.93. The Hall–Kier alpha value is -4.20. The molecule has 14 heteroatoms. The Morgan fingerprint density at radius 2 is 2.06 bits per heavy atom. The van der Waals surface area contributed by atoms with Crippen LogP contribution in [0.5, 0.6) is 0 Å². The molecule has 0 aromatic carbocycles. The van der Waals surface area contributed by atoms with Crippen molar-refractivity contribution in [2.24, 2.45) is 0 Å². The average Bonchev–Trinajstić information content (AvgIpc) is 3.49. The standard InChI is InChI=1S/C20H18F3N9O2/c1-11-7-24-16(6-14(11)13-8-25-31(9-13)20(21,22)23)19(34)27-17-5-3-4-15(26-17)18-28-29-30-32(18)12(2)10-33/h3-9,12,33H,10H2,1-2H3,(H,26,27,34)/t12-/m1/s1. The number of aliphatic hydroxyl groups excluding tert-OH is 1. The third-order valence-corrected chi connectivity index (χ3v) is 4.88. The summed E-state index contributed by atoms with van der Waals surface area (Å²) in [5, 5.41) is 26.7. The molecule has 34 heavy (non-hydrogen) atoms. The molecule has 11 nitrogen and oxygen atoms in total. The monoisotopic (exact) mass is 473 g/mol. The molecule has 0 spiro atoms. The molecular weight excluding hydrogens is 455 g/mol. The Kier molecular flexibility index (Phi) is 6.06. The van der Waals surface area contributed by atoms with Gasteiger partial charge in [-0.2, -0.15) is 9.78 Å². The van der Waals surface area contributed by atoms with Crippen molar-refractivity contribution >= 4 is 11.7 Å². The summed E-state index contributed by atoms with van der Waals surface area (Å²) in [5.41, 5.74) is 1.49. The van der Waals surface area contributed by atoms with E-state index in [9.17, 15) is 23.1 Å². The third-order valence-electron chi connectivity index (χ3n) is 4.88. The van der Waals surface area contributed by atoms with Crippen LogP contribution < -0.4 is 5.32 Å². The number of tetrazole rings is 1. The number of halogens is 3. The number of aryl methyl sites for hydroxylation is 1. The summed E-state index contributed by atoms with van der Waals surface area (Å²) in [6.07, 6.45) is -1.35. The molecule has 4 aromatic rings. The van der Waals surface area contributed by atoms with Crippen molar-refractivity contribution in [1.29, 1.82) is 0 Å². The normalized spacial score (nSPS) is 12.5. The number of rotatable bonds is 6.